The summed E-state index contributed by atoms with van der Waals surface area (Å²) in [4.78, 5) is 64.1. The maximum absolute atomic E-state index is 12.7. The van der Waals surface area contributed by atoms with Crippen molar-refractivity contribution in [2.45, 2.75) is 70.3 Å². The molecule has 13 N–H and O–H groups in total. The number of carbonyl (C=O) groups excluding carboxylic acids is 4. The number of guanidine groups is 1. The SMILES string of the molecule is CC(C)C(N)C(=O)NC(CC(N)=O)C(=O)NC(C(=O)NC(CCCN=C(N)N)C(=O)O)C(C)O. The van der Waals surface area contributed by atoms with E-state index >= 15 is 0 Å². The fourth-order valence-corrected chi connectivity index (χ4v) is 2.66. The normalized spacial score (nSPS) is 15.2. The fourth-order valence-electron chi connectivity index (χ4n) is 2.66. The van der Waals surface area contributed by atoms with E-state index in [9.17, 15) is 34.2 Å². The molecular formula is C19H36N8O7. The molecule has 0 spiro atoms. The van der Waals surface area contributed by atoms with Crippen molar-refractivity contribution in [1.82, 2.24) is 16.0 Å². The number of carboxylic acid groups (broad SMARTS) is 1. The minimum atomic E-state index is -1.60. The van der Waals surface area contributed by atoms with Gasteiger partial charge in [0.05, 0.1) is 18.6 Å². The highest BCUT2D eigenvalue weighted by atomic mass is 16.4. The lowest BCUT2D eigenvalue weighted by molar-refractivity contribution is -0.143. The zero-order valence-corrected chi connectivity index (χ0v) is 19.5. The summed E-state index contributed by atoms with van der Waals surface area (Å²) in [6.45, 7) is 4.68. The minimum absolute atomic E-state index is 0.0359. The molecule has 0 rings (SSSR count). The number of aliphatic hydroxyl groups is 1. The first-order valence-corrected chi connectivity index (χ1v) is 10.6. The third kappa shape index (κ3) is 11.4. The lowest BCUT2D eigenvalue weighted by atomic mass is 10.0. The third-order valence-corrected chi connectivity index (χ3v) is 4.68. The molecule has 194 valence electrons. The van der Waals surface area contributed by atoms with Gasteiger partial charge in [0.1, 0.15) is 18.1 Å². The molecule has 0 saturated carbocycles. The molecule has 5 atom stereocenters. The number of aliphatic hydroxyl groups excluding tert-OH is 1. The maximum Gasteiger partial charge on any atom is 0.326 e. The van der Waals surface area contributed by atoms with Crippen LogP contribution in [0.1, 0.15) is 40.0 Å². The van der Waals surface area contributed by atoms with Crippen LogP contribution in [0, 0.1) is 5.92 Å². The van der Waals surface area contributed by atoms with Gasteiger partial charge in [-0.3, -0.25) is 24.2 Å². The van der Waals surface area contributed by atoms with Crippen molar-refractivity contribution in [2.24, 2.45) is 33.8 Å². The second-order valence-electron chi connectivity index (χ2n) is 8.08. The third-order valence-electron chi connectivity index (χ3n) is 4.68. The Morgan fingerprint density at radius 2 is 1.44 bits per heavy atom. The van der Waals surface area contributed by atoms with E-state index in [1.807, 2.05) is 0 Å². The first kappa shape index (κ1) is 30.5. The highest BCUT2D eigenvalue weighted by molar-refractivity contribution is 5.96. The predicted molar refractivity (Wildman–Crippen MR) is 122 cm³/mol. The number of aliphatic imine (C=N–C) groups is 1. The van der Waals surface area contributed by atoms with Crippen LogP contribution in [-0.2, 0) is 24.0 Å². The maximum atomic E-state index is 12.7. The van der Waals surface area contributed by atoms with Crippen LogP contribution in [0.15, 0.2) is 4.99 Å². The number of rotatable bonds is 15. The summed E-state index contributed by atoms with van der Waals surface area (Å²) in [7, 11) is 0. The molecule has 4 amide bonds. The Hall–Kier alpha value is -3.46. The average molecular weight is 489 g/mol. The van der Waals surface area contributed by atoms with Crippen LogP contribution in [0.5, 0.6) is 0 Å². The second-order valence-corrected chi connectivity index (χ2v) is 8.08. The van der Waals surface area contributed by atoms with Gasteiger partial charge in [-0.15, -0.1) is 0 Å². The van der Waals surface area contributed by atoms with Crippen molar-refractivity contribution in [1.29, 1.82) is 0 Å². The summed E-state index contributed by atoms with van der Waals surface area (Å²) in [6.07, 6.45) is -1.86. The van der Waals surface area contributed by atoms with E-state index in [-0.39, 0.29) is 31.3 Å². The molecule has 5 unspecified atom stereocenters. The van der Waals surface area contributed by atoms with E-state index in [0.29, 0.717) is 0 Å². The number of hydrogen-bond acceptors (Lipinski definition) is 8. The van der Waals surface area contributed by atoms with Crippen LogP contribution in [-0.4, -0.2) is 82.6 Å². The van der Waals surface area contributed by atoms with E-state index in [0.717, 1.165) is 0 Å². The molecule has 0 aromatic heterocycles. The number of amides is 4. The predicted octanol–water partition coefficient (Wildman–Crippen LogP) is -4.18. The van der Waals surface area contributed by atoms with Crippen LogP contribution in [0.4, 0.5) is 0 Å². The lowest BCUT2D eigenvalue weighted by Gasteiger charge is -2.26. The Labute approximate surface area is 197 Å². The summed E-state index contributed by atoms with van der Waals surface area (Å²) in [5.41, 5.74) is 21.3. The minimum Gasteiger partial charge on any atom is -0.480 e. The number of carbonyl (C=O) groups is 5. The van der Waals surface area contributed by atoms with Gasteiger partial charge in [0.2, 0.25) is 23.6 Å². The molecule has 15 nitrogen and oxygen atoms in total. The van der Waals surface area contributed by atoms with Gasteiger partial charge in [0.25, 0.3) is 0 Å². The molecule has 0 aliphatic rings. The Morgan fingerprint density at radius 1 is 0.882 bits per heavy atom. The van der Waals surface area contributed by atoms with Crippen molar-refractivity contribution in [2.75, 3.05) is 6.54 Å². The summed E-state index contributed by atoms with van der Waals surface area (Å²) < 4.78 is 0. The van der Waals surface area contributed by atoms with Gasteiger partial charge in [-0.1, -0.05) is 13.8 Å². The smallest absolute Gasteiger partial charge is 0.326 e. The van der Waals surface area contributed by atoms with E-state index in [1.54, 1.807) is 13.8 Å². The van der Waals surface area contributed by atoms with E-state index in [1.165, 1.54) is 6.92 Å². The standard InChI is InChI=1S/C19H36N8O7/c1-8(2)13(21)16(31)26-11(7-12(20)29)15(30)27-14(9(3)28)17(32)25-10(18(33)34)5-4-6-24-19(22)23/h8-11,13-14,28H,4-7,21H2,1-3H3,(H2,20,29)(H,25,32)(H,26,31)(H,27,30)(H,33,34)(H4,22,23,24). The molecule has 0 aliphatic heterocycles. The monoisotopic (exact) mass is 488 g/mol. The van der Waals surface area contributed by atoms with Gasteiger partial charge in [0, 0.05) is 6.54 Å². The molecule has 0 aliphatic carbocycles. The Kier molecular flexibility index (Phi) is 13.2. The first-order valence-electron chi connectivity index (χ1n) is 10.6. The van der Waals surface area contributed by atoms with Crippen LogP contribution in [0.2, 0.25) is 0 Å². The van der Waals surface area contributed by atoms with Gasteiger partial charge in [0.15, 0.2) is 5.96 Å². The largest absolute Gasteiger partial charge is 0.480 e. The Bertz CT molecular complexity index is 768. The Balaban J connectivity index is 5.39. The summed E-state index contributed by atoms with van der Waals surface area (Å²) in [5.74, 6) is -5.42. The van der Waals surface area contributed by atoms with Gasteiger partial charge in [-0.25, -0.2) is 4.79 Å². The lowest BCUT2D eigenvalue weighted by Crippen LogP contribution is -2.60. The molecule has 15 heteroatoms. The second kappa shape index (κ2) is 14.6. The zero-order valence-electron chi connectivity index (χ0n) is 19.5. The fraction of sp³-hybridized carbons (Fsp3) is 0.684. The Morgan fingerprint density at radius 3 is 1.88 bits per heavy atom. The van der Waals surface area contributed by atoms with Crippen molar-refractivity contribution >= 4 is 35.6 Å². The summed E-state index contributed by atoms with van der Waals surface area (Å²) in [6, 6.07) is -5.41. The zero-order chi connectivity index (χ0) is 26.6. The summed E-state index contributed by atoms with van der Waals surface area (Å²) >= 11 is 0. The van der Waals surface area contributed by atoms with Crippen LogP contribution >= 0.6 is 0 Å². The molecule has 0 aromatic rings. The van der Waals surface area contributed by atoms with Gasteiger partial charge in [-0.05, 0) is 25.7 Å². The van der Waals surface area contributed by atoms with E-state index in [4.69, 9.17) is 22.9 Å². The number of nitrogens with zero attached hydrogens (tertiary/aromatic N) is 1. The molecule has 0 saturated heterocycles. The molecule has 0 heterocycles. The number of hydrogen-bond donors (Lipinski definition) is 9. The molecular weight excluding hydrogens is 452 g/mol. The number of aliphatic carboxylic acids is 1. The van der Waals surface area contributed by atoms with Crippen molar-refractivity contribution in [3.63, 3.8) is 0 Å². The molecule has 34 heavy (non-hydrogen) atoms. The summed E-state index contributed by atoms with van der Waals surface area (Å²) in [5, 5.41) is 26.1. The average Bonchev–Trinajstić information content (AvgIpc) is 2.71. The molecule has 0 bridgehead atoms. The molecule has 0 aromatic carbocycles. The van der Waals surface area contributed by atoms with Crippen LogP contribution in [0.25, 0.3) is 0 Å². The van der Waals surface area contributed by atoms with Crippen LogP contribution < -0.4 is 38.9 Å². The van der Waals surface area contributed by atoms with E-state index in [2.05, 4.69) is 20.9 Å². The van der Waals surface area contributed by atoms with Gasteiger partial charge in [-0.2, -0.15) is 0 Å². The van der Waals surface area contributed by atoms with E-state index < -0.39 is 66.3 Å². The number of nitrogens with one attached hydrogen (secondary N) is 3. The number of primary amides is 1. The van der Waals surface area contributed by atoms with Crippen molar-refractivity contribution in [3.05, 3.63) is 0 Å². The first-order chi connectivity index (χ1) is 15.7. The van der Waals surface area contributed by atoms with Crippen LogP contribution in [0.3, 0.4) is 0 Å². The molecule has 0 radical (unpaired) electrons. The van der Waals surface area contributed by atoms with Crippen molar-refractivity contribution in [3.8, 4) is 0 Å². The molecule has 0 fully saturated rings. The van der Waals surface area contributed by atoms with Gasteiger partial charge >= 0.3 is 5.97 Å². The number of nitrogens with two attached hydrogens (primary N) is 4. The highest BCUT2D eigenvalue weighted by Gasteiger charge is 2.33. The number of carboxylic acids is 1. The quantitative estimate of drug-likeness (QED) is 0.0608. The topological polar surface area (TPSA) is 278 Å². The van der Waals surface area contributed by atoms with Crippen molar-refractivity contribution < 1.29 is 34.2 Å². The van der Waals surface area contributed by atoms with Gasteiger partial charge < -0.3 is 49.1 Å². The highest BCUT2D eigenvalue weighted by Crippen LogP contribution is 2.04.